The van der Waals surface area contributed by atoms with Gasteiger partial charge in [0.05, 0.1) is 0 Å². The number of ether oxygens (including phenoxy) is 1. The Morgan fingerprint density at radius 3 is 2.87 bits per heavy atom. The number of thiophene rings is 1. The zero-order valence-electron chi connectivity index (χ0n) is 8.56. The molecule has 15 heavy (non-hydrogen) atoms. The summed E-state index contributed by atoms with van der Waals surface area (Å²) in [6, 6.07) is 7.65. The Kier molecular flexibility index (Phi) is 2.60. The van der Waals surface area contributed by atoms with Gasteiger partial charge in [0, 0.05) is 24.2 Å². The summed E-state index contributed by atoms with van der Waals surface area (Å²) in [4.78, 5) is 12.8. The van der Waals surface area contributed by atoms with E-state index >= 15 is 0 Å². The second-order valence-corrected chi connectivity index (χ2v) is 4.30. The van der Waals surface area contributed by atoms with Gasteiger partial charge in [-0.25, -0.2) is 4.79 Å². The molecular weight excluding hydrogens is 210 g/mol. The molecule has 1 aromatic carbocycles. The van der Waals surface area contributed by atoms with Gasteiger partial charge in [-0.3, -0.25) is 0 Å². The number of carbonyl (C=O) groups is 1. The second kappa shape index (κ2) is 3.90. The normalized spacial score (nSPS) is 10.3. The van der Waals surface area contributed by atoms with E-state index in [2.05, 4.69) is 0 Å². The van der Waals surface area contributed by atoms with Gasteiger partial charge in [0.2, 0.25) is 0 Å². The Balaban J connectivity index is 2.35. The SMILES string of the molecule is CN(C)C(=O)Oc1cccc2sccc12. The van der Waals surface area contributed by atoms with Crippen LogP contribution in [-0.4, -0.2) is 25.1 Å². The number of fused-ring (bicyclic) bond motifs is 1. The molecule has 0 aliphatic heterocycles. The quantitative estimate of drug-likeness (QED) is 0.741. The monoisotopic (exact) mass is 221 g/mol. The maximum absolute atomic E-state index is 11.4. The predicted molar refractivity (Wildman–Crippen MR) is 61.5 cm³/mol. The van der Waals surface area contributed by atoms with Crippen LogP contribution in [0.15, 0.2) is 29.6 Å². The highest BCUT2D eigenvalue weighted by Gasteiger charge is 2.09. The molecule has 1 aromatic heterocycles. The second-order valence-electron chi connectivity index (χ2n) is 3.35. The molecule has 2 rings (SSSR count). The van der Waals surface area contributed by atoms with Crippen LogP contribution in [0.2, 0.25) is 0 Å². The molecule has 0 unspecified atom stereocenters. The van der Waals surface area contributed by atoms with E-state index in [0.717, 1.165) is 10.1 Å². The first-order valence-electron chi connectivity index (χ1n) is 4.54. The van der Waals surface area contributed by atoms with Gasteiger partial charge in [0.25, 0.3) is 0 Å². The molecule has 0 saturated heterocycles. The predicted octanol–water partition coefficient (Wildman–Crippen LogP) is 2.96. The maximum atomic E-state index is 11.4. The van der Waals surface area contributed by atoms with Gasteiger partial charge < -0.3 is 9.64 Å². The summed E-state index contributed by atoms with van der Waals surface area (Å²) in [5.41, 5.74) is 0. The van der Waals surface area contributed by atoms with Crippen LogP contribution < -0.4 is 4.74 Å². The van der Waals surface area contributed by atoms with Crippen molar-refractivity contribution in [2.24, 2.45) is 0 Å². The number of hydrogen-bond acceptors (Lipinski definition) is 3. The molecule has 0 atom stereocenters. The lowest BCUT2D eigenvalue weighted by molar-refractivity contribution is 0.172. The molecule has 0 radical (unpaired) electrons. The number of amides is 1. The molecule has 0 N–H and O–H groups in total. The summed E-state index contributed by atoms with van der Waals surface area (Å²) in [6.45, 7) is 0. The summed E-state index contributed by atoms with van der Waals surface area (Å²) in [5, 5.41) is 2.97. The van der Waals surface area contributed by atoms with Crippen molar-refractivity contribution in [3.8, 4) is 5.75 Å². The highest BCUT2D eigenvalue weighted by Crippen LogP contribution is 2.29. The molecule has 78 valence electrons. The first-order chi connectivity index (χ1) is 7.18. The zero-order chi connectivity index (χ0) is 10.8. The van der Waals surface area contributed by atoms with Crippen molar-refractivity contribution in [1.82, 2.24) is 4.90 Å². The van der Waals surface area contributed by atoms with E-state index in [4.69, 9.17) is 4.74 Å². The van der Waals surface area contributed by atoms with Gasteiger partial charge in [-0.05, 0) is 23.6 Å². The van der Waals surface area contributed by atoms with E-state index < -0.39 is 0 Å². The molecule has 4 heteroatoms. The Hall–Kier alpha value is -1.55. The van der Waals surface area contributed by atoms with Crippen molar-refractivity contribution >= 4 is 27.5 Å². The van der Waals surface area contributed by atoms with Gasteiger partial charge in [0.1, 0.15) is 5.75 Å². The third kappa shape index (κ3) is 1.94. The molecule has 0 fully saturated rings. The summed E-state index contributed by atoms with van der Waals surface area (Å²) >= 11 is 1.63. The average Bonchev–Trinajstić information content (AvgIpc) is 2.66. The highest BCUT2D eigenvalue weighted by molar-refractivity contribution is 7.17. The minimum absolute atomic E-state index is 0.353. The minimum Gasteiger partial charge on any atom is -0.410 e. The van der Waals surface area contributed by atoms with E-state index in [-0.39, 0.29) is 6.09 Å². The first-order valence-corrected chi connectivity index (χ1v) is 5.42. The van der Waals surface area contributed by atoms with Crippen LogP contribution in [0.4, 0.5) is 4.79 Å². The first kappa shape index (κ1) is 9.98. The average molecular weight is 221 g/mol. The van der Waals surface area contributed by atoms with E-state index in [0.29, 0.717) is 5.75 Å². The standard InChI is InChI=1S/C11H11NO2S/c1-12(2)11(13)14-9-4-3-5-10-8(9)6-7-15-10/h3-7H,1-2H3. The maximum Gasteiger partial charge on any atom is 0.414 e. The molecule has 0 saturated carbocycles. The Morgan fingerprint density at radius 1 is 1.33 bits per heavy atom. The largest absolute Gasteiger partial charge is 0.414 e. The Labute approximate surface area is 91.9 Å². The molecule has 2 aromatic rings. The van der Waals surface area contributed by atoms with Crippen molar-refractivity contribution < 1.29 is 9.53 Å². The van der Waals surface area contributed by atoms with Crippen molar-refractivity contribution in [2.75, 3.05) is 14.1 Å². The molecule has 0 aliphatic rings. The van der Waals surface area contributed by atoms with Crippen LogP contribution in [0.5, 0.6) is 5.75 Å². The van der Waals surface area contributed by atoms with Crippen molar-refractivity contribution in [3.63, 3.8) is 0 Å². The van der Waals surface area contributed by atoms with Crippen LogP contribution in [0.25, 0.3) is 10.1 Å². The summed E-state index contributed by atoms with van der Waals surface area (Å²) in [5.74, 6) is 0.618. The van der Waals surface area contributed by atoms with Gasteiger partial charge in [0.15, 0.2) is 0 Å². The topological polar surface area (TPSA) is 29.5 Å². The Bertz CT molecular complexity index is 490. The van der Waals surface area contributed by atoms with Crippen LogP contribution in [0.3, 0.4) is 0 Å². The minimum atomic E-state index is -0.353. The lowest BCUT2D eigenvalue weighted by Gasteiger charge is -2.11. The number of hydrogen-bond donors (Lipinski definition) is 0. The summed E-state index contributed by atoms with van der Waals surface area (Å²) in [7, 11) is 3.33. The third-order valence-corrected chi connectivity index (χ3v) is 2.90. The number of benzene rings is 1. The molecule has 0 aliphatic carbocycles. The summed E-state index contributed by atoms with van der Waals surface area (Å²) < 4.78 is 6.37. The van der Waals surface area contributed by atoms with E-state index in [1.54, 1.807) is 31.5 Å². The number of carbonyl (C=O) groups excluding carboxylic acids is 1. The van der Waals surface area contributed by atoms with Gasteiger partial charge in [-0.2, -0.15) is 0 Å². The van der Waals surface area contributed by atoms with E-state index in [1.807, 2.05) is 23.6 Å². The fourth-order valence-electron chi connectivity index (χ4n) is 1.24. The molecule has 1 amide bonds. The van der Waals surface area contributed by atoms with E-state index in [1.165, 1.54) is 4.90 Å². The highest BCUT2D eigenvalue weighted by atomic mass is 32.1. The van der Waals surface area contributed by atoms with Gasteiger partial charge in [-0.1, -0.05) is 6.07 Å². The van der Waals surface area contributed by atoms with Gasteiger partial charge >= 0.3 is 6.09 Å². The number of rotatable bonds is 1. The van der Waals surface area contributed by atoms with Crippen LogP contribution in [0.1, 0.15) is 0 Å². The molecule has 1 heterocycles. The fraction of sp³-hybridized carbons (Fsp3) is 0.182. The molecule has 0 bridgehead atoms. The zero-order valence-corrected chi connectivity index (χ0v) is 9.38. The summed E-state index contributed by atoms with van der Waals surface area (Å²) in [6.07, 6.45) is -0.353. The van der Waals surface area contributed by atoms with Gasteiger partial charge in [-0.15, -0.1) is 11.3 Å². The molecular formula is C11H11NO2S. The van der Waals surface area contributed by atoms with Crippen LogP contribution in [0, 0.1) is 0 Å². The fourth-order valence-corrected chi connectivity index (χ4v) is 2.04. The van der Waals surface area contributed by atoms with Crippen LogP contribution >= 0.6 is 11.3 Å². The third-order valence-electron chi connectivity index (χ3n) is 2.02. The molecule has 3 nitrogen and oxygen atoms in total. The Morgan fingerprint density at radius 2 is 2.13 bits per heavy atom. The van der Waals surface area contributed by atoms with Crippen molar-refractivity contribution in [1.29, 1.82) is 0 Å². The lowest BCUT2D eigenvalue weighted by atomic mass is 10.2. The number of nitrogens with zero attached hydrogens (tertiary/aromatic N) is 1. The molecule has 0 spiro atoms. The van der Waals surface area contributed by atoms with Crippen molar-refractivity contribution in [3.05, 3.63) is 29.6 Å². The van der Waals surface area contributed by atoms with Crippen LogP contribution in [-0.2, 0) is 0 Å². The smallest absolute Gasteiger partial charge is 0.410 e. The lowest BCUT2D eigenvalue weighted by Crippen LogP contribution is -2.25. The van der Waals surface area contributed by atoms with E-state index in [9.17, 15) is 4.79 Å². The van der Waals surface area contributed by atoms with Crippen molar-refractivity contribution in [2.45, 2.75) is 0 Å².